The van der Waals surface area contributed by atoms with Gasteiger partial charge in [-0.25, -0.2) is 0 Å². The van der Waals surface area contributed by atoms with Crippen LogP contribution in [0.15, 0.2) is 48.6 Å². The first-order chi connectivity index (χ1) is 7.65. The molecule has 0 fully saturated rings. The smallest absolute Gasteiger partial charge is 0.0147 e. The quantitative estimate of drug-likeness (QED) is 0.671. The van der Waals surface area contributed by atoms with Crippen LogP contribution < -0.4 is 0 Å². The third kappa shape index (κ3) is 2.13. The summed E-state index contributed by atoms with van der Waals surface area (Å²) in [5.41, 5.74) is 2.92. The second-order valence-electron chi connectivity index (χ2n) is 4.64. The van der Waals surface area contributed by atoms with Gasteiger partial charge in [0.25, 0.3) is 0 Å². The lowest BCUT2D eigenvalue weighted by molar-refractivity contribution is 0.681. The van der Waals surface area contributed by atoms with Gasteiger partial charge in [0.1, 0.15) is 0 Å². The van der Waals surface area contributed by atoms with Gasteiger partial charge < -0.3 is 0 Å². The number of hydrogen-bond acceptors (Lipinski definition) is 0. The van der Waals surface area contributed by atoms with Crippen LogP contribution in [0.4, 0.5) is 0 Å². The SMILES string of the molecule is CCc1ccccc1C1C=CC=CC1(C)P. The Bertz CT molecular complexity index is 427. The molecule has 3 atom stereocenters. The monoisotopic (exact) mass is 230 g/mol. The van der Waals surface area contributed by atoms with Crippen molar-refractivity contribution in [2.24, 2.45) is 0 Å². The third-order valence-electron chi connectivity index (χ3n) is 3.31. The molecule has 1 aliphatic rings. The van der Waals surface area contributed by atoms with Crippen LogP contribution in [0.3, 0.4) is 0 Å². The molecule has 1 aliphatic carbocycles. The van der Waals surface area contributed by atoms with E-state index in [1.165, 1.54) is 11.1 Å². The summed E-state index contributed by atoms with van der Waals surface area (Å²) in [6, 6.07) is 8.77. The molecule has 1 aromatic carbocycles. The summed E-state index contributed by atoms with van der Waals surface area (Å²) in [4.78, 5) is 0. The van der Waals surface area contributed by atoms with Crippen molar-refractivity contribution in [3.05, 3.63) is 59.7 Å². The van der Waals surface area contributed by atoms with E-state index in [0.717, 1.165) is 6.42 Å². The van der Waals surface area contributed by atoms with Gasteiger partial charge in [0.15, 0.2) is 0 Å². The van der Waals surface area contributed by atoms with E-state index in [0.29, 0.717) is 5.92 Å². The molecule has 0 aromatic heterocycles. The van der Waals surface area contributed by atoms with Crippen LogP contribution >= 0.6 is 9.24 Å². The molecule has 0 N–H and O–H groups in total. The average Bonchev–Trinajstić information content (AvgIpc) is 2.28. The molecular formula is C15H19P. The lowest BCUT2D eigenvalue weighted by Crippen LogP contribution is -2.24. The Hall–Kier alpha value is -0.870. The zero-order valence-corrected chi connectivity index (χ0v) is 11.1. The zero-order valence-electron chi connectivity index (χ0n) is 9.98. The van der Waals surface area contributed by atoms with Crippen molar-refractivity contribution in [2.75, 3.05) is 0 Å². The van der Waals surface area contributed by atoms with E-state index in [1.54, 1.807) is 0 Å². The molecule has 84 valence electrons. The van der Waals surface area contributed by atoms with Crippen molar-refractivity contribution < 1.29 is 0 Å². The summed E-state index contributed by atoms with van der Waals surface area (Å²) in [5.74, 6) is 0.471. The van der Waals surface area contributed by atoms with Crippen molar-refractivity contribution in [1.29, 1.82) is 0 Å². The first-order valence-electron chi connectivity index (χ1n) is 5.88. The number of benzene rings is 1. The molecule has 1 aromatic rings. The maximum absolute atomic E-state index is 2.98. The normalized spacial score (nSPS) is 28.3. The molecule has 0 bridgehead atoms. The Morgan fingerprint density at radius 2 is 2.00 bits per heavy atom. The molecule has 0 saturated carbocycles. The first-order valence-corrected chi connectivity index (χ1v) is 6.45. The van der Waals surface area contributed by atoms with Gasteiger partial charge in [-0.15, -0.1) is 9.24 Å². The van der Waals surface area contributed by atoms with Gasteiger partial charge in [0.05, 0.1) is 0 Å². The summed E-state index contributed by atoms with van der Waals surface area (Å²) in [6.07, 6.45) is 9.97. The van der Waals surface area contributed by atoms with Gasteiger partial charge in [-0.3, -0.25) is 0 Å². The highest BCUT2D eigenvalue weighted by Gasteiger charge is 2.28. The van der Waals surface area contributed by atoms with Crippen LogP contribution in [0.1, 0.15) is 30.9 Å². The Labute approximate surface area is 101 Å². The van der Waals surface area contributed by atoms with E-state index in [1.807, 2.05) is 0 Å². The molecule has 0 aliphatic heterocycles. The van der Waals surface area contributed by atoms with E-state index in [2.05, 4.69) is 71.7 Å². The average molecular weight is 230 g/mol. The van der Waals surface area contributed by atoms with Crippen molar-refractivity contribution in [3.63, 3.8) is 0 Å². The number of allylic oxidation sites excluding steroid dienone is 4. The van der Waals surface area contributed by atoms with E-state index in [4.69, 9.17) is 0 Å². The minimum Gasteiger partial charge on any atom is -0.126 e. The van der Waals surface area contributed by atoms with Crippen molar-refractivity contribution in [3.8, 4) is 0 Å². The summed E-state index contributed by atoms with van der Waals surface area (Å²) in [7, 11) is 2.98. The van der Waals surface area contributed by atoms with Gasteiger partial charge in [0, 0.05) is 11.1 Å². The molecule has 0 saturated heterocycles. The van der Waals surface area contributed by atoms with Crippen molar-refractivity contribution >= 4 is 9.24 Å². The molecule has 1 heteroatoms. The van der Waals surface area contributed by atoms with Crippen molar-refractivity contribution in [2.45, 2.75) is 31.3 Å². The highest BCUT2D eigenvalue weighted by molar-refractivity contribution is 7.19. The van der Waals surface area contributed by atoms with Gasteiger partial charge in [0.2, 0.25) is 0 Å². The third-order valence-corrected chi connectivity index (χ3v) is 3.86. The van der Waals surface area contributed by atoms with Gasteiger partial charge in [-0.2, -0.15) is 0 Å². The summed E-state index contributed by atoms with van der Waals surface area (Å²) < 4.78 is 0. The van der Waals surface area contributed by atoms with Crippen molar-refractivity contribution in [1.82, 2.24) is 0 Å². The van der Waals surface area contributed by atoms with Crippen LogP contribution in [-0.2, 0) is 6.42 Å². The van der Waals surface area contributed by atoms with E-state index < -0.39 is 0 Å². The minimum absolute atomic E-state index is 0.139. The lowest BCUT2D eigenvalue weighted by Gasteiger charge is -2.32. The van der Waals surface area contributed by atoms with E-state index in [9.17, 15) is 0 Å². The lowest BCUT2D eigenvalue weighted by atomic mass is 9.81. The maximum atomic E-state index is 2.98. The molecule has 0 nitrogen and oxygen atoms in total. The summed E-state index contributed by atoms with van der Waals surface area (Å²) in [6.45, 7) is 4.50. The van der Waals surface area contributed by atoms with E-state index >= 15 is 0 Å². The van der Waals surface area contributed by atoms with Crippen LogP contribution in [0.2, 0.25) is 0 Å². The van der Waals surface area contributed by atoms with Crippen LogP contribution in [0.5, 0.6) is 0 Å². The number of hydrogen-bond donors (Lipinski definition) is 0. The molecule has 0 heterocycles. The highest BCUT2D eigenvalue weighted by Crippen LogP contribution is 2.41. The minimum atomic E-state index is 0.139. The molecule has 0 amide bonds. The highest BCUT2D eigenvalue weighted by atomic mass is 31.0. The zero-order chi connectivity index (χ0) is 11.6. The molecular weight excluding hydrogens is 211 g/mol. The summed E-state index contributed by atoms with van der Waals surface area (Å²) in [5, 5.41) is 0.139. The topological polar surface area (TPSA) is 0 Å². The fourth-order valence-electron chi connectivity index (χ4n) is 2.35. The second kappa shape index (κ2) is 4.55. The largest absolute Gasteiger partial charge is 0.126 e. The number of aryl methyl sites for hydroxylation is 1. The van der Waals surface area contributed by atoms with Crippen LogP contribution in [-0.4, -0.2) is 5.16 Å². The maximum Gasteiger partial charge on any atom is 0.0147 e. The number of rotatable bonds is 2. The fourth-order valence-corrected chi connectivity index (χ4v) is 2.75. The first kappa shape index (κ1) is 11.6. The van der Waals surface area contributed by atoms with E-state index in [-0.39, 0.29) is 5.16 Å². The van der Waals surface area contributed by atoms with Gasteiger partial charge >= 0.3 is 0 Å². The predicted molar refractivity (Wildman–Crippen MR) is 75.0 cm³/mol. The predicted octanol–water partition coefficient (Wildman–Crippen LogP) is 4.09. The molecule has 2 rings (SSSR count). The molecule has 3 unspecified atom stereocenters. The summed E-state index contributed by atoms with van der Waals surface area (Å²) >= 11 is 0. The van der Waals surface area contributed by atoms with Gasteiger partial charge in [-0.05, 0) is 17.5 Å². The Kier molecular flexibility index (Phi) is 3.30. The molecule has 0 radical (unpaired) electrons. The standard InChI is InChI=1S/C15H19P/c1-3-12-8-4-5-9-13(12)14-10-6-7-11-15(14,2)16/h4-11,14H,3,16H2,1-2H3. The second-order valence-corrected chi connectivity index (χ2v) is 5.88. The Balaban J connectivity index is 2.44. The molecule has 0 spiro atoms. The van der Waals surface area contributed by atoms with Crippen LogP contribution in [0.25, 0.3) is 0 Å². The Morgan fingerprint density at radius 1 is 1.25 bits per heavy atom. The fraction of sp³-hybridized carbons (Fsp3) is 0.333. The van der Waals surface area contributed by atoms with Gasteiger partial charge in [-0.1, -0.05) is 62.4 Å². The molecule has 16 heavy (non-hydrogen) atoms. The Morgan fingerprint density at radius 3 is 2.69 bits per heavy atom. The van der Waals surface area contributed by atoms with Crippen LogP contribution in [0, 0.1) is 0 Å².